The van der Waals surface area contributed by atoms with Gasteiger partial charge in [0.25, 0.3) is 10.0 Å². The second-order valence-electron chi connectivity index (χ2n) is 6.86. The van der Waals surface area contributed by atoms with Crippen molar-refractivity contribution >= 4 is 55.8 Å². The summed E-state index contributed by atoms with van der Waals surface area (Å²) >= 11 is 0.637. The van der Waals surface area contributed by atoms with Gasteiger partial charge in [-0.1, -0.05) is 0 Å². The van der Waals surface area contributed by atoms with E-state index in [1.165, 1.54) is 10.4 Å². The van der Waals surface area contributed by atoms with Gasteiger partial charge in [-0.15, -0.1) is 23.7 Å². The molecule has 3 rings (SSSR count). The molecule has 14 heteroatoms. The van der Waals surface area contributed by atoms with Gasteiger partial charge in [0, 0.05) is 43.9 Å². The van der Waals surface area contributed by atoms with Gasteiger partial charge in [-0.2, -0.15) is 0 Å². The van der Waals surface area contributed by atoms with Gasteiger partial charge in [-0.05, 0) is 25.5 Å². The highest BCUT2D eigenvalue weighted by Crippen LogP contribution is 2.39. The molecule has 0 unspecified atom stereocenters. The zero-order chi connectivity index (χ0) is 21.9. The Bertz CT molecular complexity index is 1030. The Morgan fingerprint density at radius 2 is 2.00 bits per heavy atom. The van der Waals surface area contributed by atoms with Crippen molar-refractivity contribution in [1.29, 1.82) is 0 Å². The van der Waals surface area contributed by atoms with Crippen molar-refractivity contribution < 1.29 is 31.1 Å². The van der Waals surface area contributed by atoms with Crippen molar-refractivity contribution in [1.82, 2.24) is 9.21 Å². The van der Waals surface area contributed by atoms with Crippen LogP contribution in [0.25, 0.3) is 6.08 Å². The number of thiophene rings is 1. The molecule has 0 bridgehead atoms. The summed E-state index contributed by atoms with van der Waals surface area (Å²) in [5.74, 6) is -0.390. The van der Waals surface area contributed by atoms with Gasteiger partial charge >= 0.3 is 5.97 Å². The summed E-state index contributed by atoms with van der Waals surface area (Å²) in [5.41, 5.74) is 0.834. The summed E-state index contributed by atoms with van der Waals surface area (Å²) in [6.07, 6.45) is 2.05. The van der Waals surface area contributed by atoms with Gasteiger partial charge in [0.2, 0.25) is 10.0 Å². The molecule has 31 heavy (non-hydrogen) atoms. The summed E-state index contributed by atoms with van der Waals surface area (Å²) < 4.78 is 61.3. The van der Waals surface area contributed by atoms with Crippen LogP contribution in [-0.4, -0.2) is 78.0 Å². The fourth-order valence-electron chi connectivity index (χ4n) is 3.29. The number of primary sulfonamides is 1. The number of halogens is 1. The predicted octanol–water partition coefficient (Wildman–Crippen LogP) is 0.838. The monoisotopic (exact) mass is 515 g/mol. The fraction of sp³-hybridized carbons (Fsp3) is 0.588. The number of ether oxygens (including phenoxy) is 2. The van der Waals surface area contributed by atoms with Crippen molar-refractivity contribution in [3.63, 3.8) is 0 Å². The minimum atomic E-state index is -4.03. The molecule has 0 saturated carbocycles. The number of hydrogen-bond acceptors (Lipinski definition) is 9. The minimum absolute atomic E-state index is 0. The van der Waals surface area contributed by atoms with E-state index in [1.54, 1.807) is 13.0 Å². The van der Waals surface area contributed by atoms with E-state index in [-0.39, 0.29) is 52.8 Å². The Morgan fingerprint density at radius 3 is 2.61 bits per heavy atom. The maximum Gasteiger partial charge on any atom is 0.305 e. The molecular formula is C17H26ClN3O7S3. The van der Waals surface area contributed by atoms with Crippen LogP contribution in [0.5, 0.6) is 0 Å². The van der Waals surface area contributed by atoms with Gasteiger partial charge in [0.05, 0.1) is 19.8 Å². The van der Waals surface area contributed by atoms with E-state index in [9.17, 15) is 21.6 Å². The SMILES string of the molecule is CCOC(=O)CCCN1C(CN2CCOCC2)=Cc2cc(S(N)(=O)=O)sc2S1(=O)=O.Cl. The molecule has 0 aliphatic carbocycles. The van der Waals surface area contributed by atoms with Gasteiger partial charge in [-0.25, -0.2) is 22.0 Å². The molecule has 3 heterocycles. The number of nitrogens with zero attached hydrogens (tertiary/aromatic N) is 2. The van der Waals surface area contributed by atoms with Crippen molar-refractivity contribution in [2.45, 2.75) is 28.2 Å². The molecule has 0 aromatic carbocycles. The van der Waals surface area contributed by atoms with E-state index in [1.807, 2.05) is 0 Å². The normalized spacial score (nSPS) is 18.6. The molecular weight excluding hydrogens is 490 g/mol. The highest BCUT2D eigenvalue weighted by Gasteiger charge is 2.36. The second-order valence-corrected chi connectivity index (χ2v) is 11.8. The minimum Gasteiger partial charge on any atom is -0.466 e. The van der Waals surface area contributed by atoms with Gasteiger partial charge in [-0.3, -0.25) is 14.0 Å². The molecule has 10 nitrogen and oxygen atoms in total. The Kier molecular flexibility index (Phi) is 8.90. The number of nitrogens with two attached hydrogens (primary N) is 1. The Balaban J connectivity index is 0.00000341. The molecule has 2 aliphatic rings. The summed E-state index contributed by atoms with van der Waals surface area (Å²) in [6.45, 7) is 4.85. The standard InChI is InChI=1S/C17H25N3O7S3.ClH/c1-2-27-15(21)4-3-5-20-14(12-19-6-8-26-9-7-19)10-13-11-16(29(18,22)23)28-17(13)30(20,24)25;/h10-11H,2-9,12H2,1H3,(H2,18,22,23);1H. The third-order valence-corrected chi connectivity index (χ3v) is 9.64. The average molecular weight is 516 g/mol. The van der Waals surface area contributed by atoms with Crippen LogP contribution in [0.3, 0.4) is 0 Å². The van der Waals surface area contributed by atoms with E-state index in [2.05, 4.69) is 4.90 Å². The number of morpholine rings is 1. The maximum atomic E-state index is 13.3. The molecule has 1 fully saturated rings. The van der Waals surface area contributed by atoms with Crippen LogP contribution in [0.2, 0.25) is 0 Å². The highest BCUT2D eigenvalue weighted by molar-refractivity contribution is 7.94. The van der Waals surface area contributed by atoms with Crippen molar-refractivity contribution in [3.8, 4) is 0 Å². The third-order valence-electron chi connectivity index (χ3n) is 4.69. The molecule has 0 spiro atoms. The van der Waals surface area contributed by atoms with Gasteiger partial charge in [0.1, 0.15) is 8.42 Å². The van der Waals surface area contributed by atoms with Crippen molar-refractivity contribution in [2.75, 3.05) is 46.0 Å². The topological polar surface area (TPSA) is 136 Å². The second kappa shape index (κ2) is 10.6. The predicted molar refractivity (Wildman–Crippen MR) is 118 cm³/mol. The van der Waals surface area contributed by atoms with Crippen LogP contribution in [-0.2, 0) is 34.3 Å². The summed E-state index contributed by atoms with van der Waals surface area (Å²) in [7, 11) is -8.00. The molecule has 2 N–H and O–H groups in total. The van der Waals surface area contributed by atoms with Crippen LogP contribution in [0.1, 0.15) is 25.3 Å². The molecule has 0 radical (unpaired) electrons. The first-order chi connectivity index (χ1) is 14.1. The highest BCUT2D eigenvalue weighted by atomic mass is 35.5. The lowest BCUT2D eigenvalue weighted by molar-refractivity contribution is -0.143. The van der Waals surface area contributed by atoms with Crippen LogP contribution < -0.4 is 5.14 Å². The number of carbonyl (C=O) groups is 1. The quantitative estimate of drug-likeness (QED) is 0.503. The third kappa shape index (κ3) is 6.18. The molecule has 1 aromatic heterocycles. The summed E-state index contributed by atoms with van der Waals surface area (Å²) in [4.78, 5) is 13.7. The zero-order valence-corrected chi connectivity index (χ0v) is 20.2. The first-order valence-electron chi connectivity index (χ1n) is 9.48. The smallest absolute Gasteiger partial charge is 0.305 e. The van der Waals surface area contributed by atoms with Crippen LogP contribution in [0, 0.1) is 0 Å². The lowest BCUT2D eigenvalue weighted by atomic mass is 10.2. The van der Waals surface area contributed by atoms with E-state index in [4.69, 9.17) is 14.6 Å². The number of carbonyl (C=O) groups excluding carboxylic acids is 1. The number of esters is 1. The Morgan fingerprint density at radius 1 is 1.32 bits per heavy atom. The molecule has 176 valence electrons. The first kappa shape index (κ1) is 26.0. The first-order valence-corrected chi connectivity index (χ1v) is 13.3. The van der Waals surface area contributed by atoms with Gasteiger partial charge in [0.15, 0.2) is 0 Å². The Labute approximate surface area is 192 Å². The van der Waals surface area contributed by atoms with E-state index >= 15 is 0 Å². The zero-order valence-electron chi connectivity index (χ0n) is 17.0. The van der Waals surface area contributed by atoms with Gasteiger partial charge < -0.3 is 9.47 Å². The molecule has 0 amide bonds. The van der Waals surface area contributed by atoms with Crippen LogP contribution in [0.4, 0.5) is 0 Å². The summed E-state index contributed by atoms with van der Waals surface area (Å²) in [6, 6.07) is 1.29. The largest absolute Gasteiger partial charge is 0.466 e. The Hall–Kier alpha value is -1.22. The fourth-order valence-corrected chi connectivity index (χ4v) is 7.42. The molecule has 0 atom stereocenters. The molecule has 1 saturated heterocycles. The molecule has 2 aliphatic heterocycles. The van der Waals surface area contributed by atoms with E-state index in [0.717, 1.165) is 0 Å². The maximum absolute atomic E-state index is 13.3. The lowest BCUT2D eigenvalue weighted by Crippen LogP contribution is -2.43. The van der Waals surface area contributed by atoms with Crippen LogP contribution in [0.15, 0.2) is 20.2 Å². The number of hydrogen-bond donors (Lipinski definition) is 1. The molecule has 1 aromatic rings. The lowest BCUT2D eigenvalue weighted by Gasteiger charge is -2.34. The van der Waals surface area contributed by atoms with E-state index < -0.39 is 20.0 Å². The van der Waals surface area contributed by atoms with Crippen LogP contribution >= 0.6 is 23.7 Å². The number of fused-ring (bicyclic) bond motifs is 1. The number of rotatable bonds is 8. The summed E-state index contributed by atoms with van der Waals surface area (Å²) in [5, 5.41) is 5.20. The number of sulfonamides is 2. The average Bonchev–Trinajstić information content (AvgIpc) is 3.11. The van der Waals surface area contributed by atoms with E-state index in [0.29, 0.717) is 55.4 Å². The van der Waals surface area contributed by atoms with Crippen molar-refractivity contribution in [3.05, 3.63) is 17.3 Å². The van der Waals surface area contributed by atoms with Crippen molar-refractivity contribution in [2.24, 2.45) is 5.14 Å².